The third-order valence-electron chi connectivity index (χ3n) is 3.09. The van der Waals surface area contributed by atoms with Gasteiger partial charge in [0.05, 0.1) is 17.8 Å². The van der Waals surface area contributed by atoms with Crippen molar-refractivity contribution in [2.24, 2.45) is 0 Å². The minimum Gasteiger partial charge on any atom is -0.497 e. The van der Waals surface area contributed by atoms with Gasteiger partial charge in [0.25, 0.3) is 0 Å². The second kappa shape index (κ2) is 6.54. The summed E-state index contributed by atoms with van der Waals surface area (Å²) in [5.41, 5.74) is 0.526. The van der Waals surface area contributed by atoms with Gasteiger partial charge < -0.3 is 4.74 Å². The van der Waals surface area contributed by atoms with E-state index < -0.39 is 9.84 Å². The summed E-state index contributed by atoms with van der Waals surface area (Å²) >= 11 is 0. The number of rotatable bonds is 6. The average molecular weight is 304 g/mol. The molecule has 0 fully saturated rings. The second-order valence-electron chi connectivity index (χ2n) is 4.54. The molecule has 0 heterocycles. The molecular formula is C16H16O4S. The summed E-state index contributed by atoms with van der Waals surface area (Å²) in [6, 6.07) is 14.9. The van der Waals surface area contributed by atoms with Gasteiger partial charge in [-0.1, -0.05) is 36.4 Å². The number of ketones is 1. The van der Waals surface area contributed by atoms with Gasteiger partial charge in [0.15, 0.2) is 15.6 Å². The number of hydrogen-bond donors (Lipinski definition) is 0. The van der Waals surface area contributed by atoms with Crippen molar-refractivity contribution in [1.29, 1.82) is 0 Å². The maximum absolute atomic E-state index is 12.2. The Bertz CT molecular complexity index is 721. The lowest BCUT2D eigenvalue weighted by Gasteiger charge is -2.06. The summed E-state index contributed by atoms with van der Waals surface area (Å²) in [5, 5.41) is 0. The maximum atomic E-state index is 12.2. The van der Waals surface area contributed by atoms with Gasteiger partial charge in [0.2, 0.25) is 0 Å². The molecule has 5 heteroatoms. The van der Waals surface area contributed by atoms with Gasteiger partial charge in [-0.3, -0.25) is 4.79 Å². The summed E-state index contributed by atoms with van der Waals surface area (Å²) in [5.74, 6) is 0.0843. The molecular weight excluding hydrogens is 288 g/mol. The zero-order valence-electron chi connectivity index (χ0n) is 11.7. The summed E-state index contributed by atoms with van der Waals surface area (Å²) < 4.78 is 29.5. The fraction of sp³-hybridized carbons (Fsp3) is 0.188. The number of hydrogen-bond acceptors (Lipinski definition) is 4. The van der Waals surface area contributed by atoms with Crippen LogP contribution in [0, 0.1) is 0 Å². The first kappa shape index (κ1) is 15.3. The lowest BCUT2D eigenvalue weighted by atomic mass is 10.1. The molecule has 4 nitrogen and oxygen atoms in total. The van der Waals surface area contributed by atoms with E-state index in [1.165, 1.54) is 19.2 Å². The van der Waals surface area contributed by atoms with Crippen molar-refractivity contribution >= 4 is 15.6 Å². The van der Waals surface area contributed by atoms with Crippen LogP contribution < -0.4 is 4.74 Å². The van der Waals surface area contributed by atoms with Crippen LogP contribution >= 0.6 is 0 Å². The molecule has 2 aromatic carbocycles. The first-order valence-electron chi connectivity index (χ1n) is 6.48. The van der Waals surface area contributed by atoms with Crippen LogP contribution in [0.5, 0.6) is 5.75 Å². The average Bonchev–Trinajstić information content (AvgIpc) is 2.53. The van der Waals surface area contributed by atoms with Gasteiger partial charge >= 0.3 is 0 Å². The zero-order chi connectivity index (χ0) is 15.3. The van der Waals surface area contributed by atoms with Crippen LogP contribution in [-0.4, -0.2) is 27.1 Å². The van der Waals surface area contributed by atoms with E-state index in [9.17, 15) is 13.2 Å². The van der Waals surface area contributed by atoms with Crippen LogP contribution in [0.2, 0.25) is 0 Å². The Morgan fingerprint density at radius 2 is 1.76 bits per heavy atom. The molecule has 0 unspecified atom stereocenters. The van der Waals surface area contributed by atoms with Crippen molar-refractivity contribution in [3.8, 4) is 5.75 Å². The first-order chi connectivity index (χ1) is 10.0. The smallest absolute Gasteiger partial charge is 0.178 e. The van der Waals surface area contributed by atoms with Gasteiger partial charge in [-0.15, -0.1) is 0 Å². The third-order valence-corrected chi connectivity index (χ3v) is 4.81. The van der Waals surface area contributed by atoms with Gasteiger partial charge in [0.1, 0.15) is 5.75 Å². The highest BCUT2D eigenvalue weighted by Gasteiger charge is 2.17. The molecule has 2 rings (SSSR count). The molecule has 2 aromatic rings. The van der Waals surface area contributed by atoms with Crippen LogP contribution in [0.1, 0.15) is 16.8 Å². The summed E-state index contributed by atoms with van der Waals surface area (Å²) in [7, 11) is -2.02. The van der Waals surface area contributed by atoms with E-state index in [1.54, 1.807) is 36.4 Å². The summed E-state index contributed by atoms with van der Waals surface area (Å²) in [4.78, 5) is 12.1. The Balaban J connectivity index is 2.09. The topological polar surface area (TPSA) is 60.4 Å². The van der Waals surface area contributed by atoms with E-state index in [2.05, 4.69) is 0 Å². The largest absolute Gasteiger partial charge is 0.497 e. The van der Waals surface area contributed by atoms with Gasteiger partial charge in [0, 0.05) is 12.0 Å². The fourth-order valence-corrected chi connectivity index (χ4v) is 3.18. The molecule has 0 saturated heterocycles. The minimum absolute atomic E-state index is 0.0381. The fourth-order valence-electron chi connectivity index (χ4n) is 1.91. The molecule has 0 aromatic heterocycles. The van der Waals surface area contributed by atoms with E-state index in [1.807, 2.05) is 6.07 Å². The first-order valence-corrected chi connectivity index (χ1v) is 8.13. The standard InChI is InChI=1S/C16H16O4S/c1-20-14-8-5-9-15(12-14)21(18,19)11-10-16(17)13-6-3-2-4-7-13/h2-9,12H,10-11H2,1H3. The van der Waals surface area contributed by atoms with E-state index in [4.69, 9.17) is 4.74 Å². The van der Waals surface area contributed by atoms with Gasteiger partial charge in [-0.05, 0) is 18.2 Å². The second-order valence-corrected chi connectivity index (χ2v) is 6.65. The molecule has 0 bridgehead atoms. The lowest BCUT2D eigenvalue weighted by Crippen LogP contribution is -2.11. The van der Waals surface area contributed by atoms with Crippen LogP contribution in [0.25, 0.3) is 0 Å². The number of benzene rings is 2. The Morgan fingerprint density at radius 1 is 1.05 bits per heavy atom. The van der Waals surface area contributed by atoms with Crippen molar-refractivity contribution < 1.29 is 17.9 Å². The third kappa shape index (κ3) is 3.92. The Labute approximate surface area is 124 Å². The summed E-state index contributed by atoms with van der Waals surface area (Å²) in [6.07, 6.45) is -0.0381. The Kier molecular flexibility index (Phi) is 4.75. The maximum Gasteiger partial charge on any atom is 0.178 e. The highest BCUT2D eigenvalue weighted by molar-refractivity contribution is 7.91. The molecule has 0 amide bonds. The number of ether oxygens (including phenoxy) is 1. The highest BCUT2D eigenvalue weighted by atomic mass is 32.2. The predicted molar refractivity (Wildman–Crippen MR) is 80.4 cm³/mol. The Hall–Kier alpha value is -2.14. The van der Waals surface area contributed by atoms with Crippen molar-refractivity contribution in [2.45, 2.75) is 11.3 Å². The minimum atomic E-state index is -3.50. The van der Waals surface area contributed by atoms with E-state index in [0.717, 1.165) is 0 Å². The van der Waals surface area contributed by atoms with Crippen molar-refractivity contribution in [3.05, 3.63) is 60.2 Å². The molecule has 21 heavy (non-hydrogen) atoms. The SMILES string of the molecule is COc1cccc(S(=O)(=O)CCC(=O)c2ccccc2)c1. The van der Waals surface area contributed by atoms with Crippen LogP contribution in [0.4, 0.5) is 0 Å². The highest BCUT2D eigenvalue weighted by Crippen LogP contribution is 2.19. The number of Topliss-reactive ketones (excluding diaryl/α,β-unsaturated/α-hetero) is 1. The molecule has 0 aliphatic heterocycles. The monoisotopic (exact) mass is 304 g/mol. The van der Waals surface area contributed by atoms with Crippen molar-refractivity contribution in [1.82, 2.24) is 0 Å². The predicted octanol–water partition coefficient (Wildman–Crippen LogP) is 2.74. The number of carbonyl (C=O) groups excluding carboxylic acids is 1. The zero-order valence-corrected chi connectivity index (χ0v) is 12.5. The normalized spacial score (nSPS) is 11.1. The van der Waals surface area contributed by atoms with E-state index in [-0.39, 0.29) is 22.9 Å². The number of carbonyl (C=O) groups is 1. The summed E-state index contributed by atoms with van der Waals surface area (Å²) in [6.45, 7) is 0. The number of sulfone groups is 1. The van der Waals surface area contributed by atoms with Crippen LogP contribution in [-0.2, 0) is 9.84 Å². The molecule has 0 radical (unpaired) electrons. The van der Waals surface area contributed by atoms with E-state index in [0.29, 0.717) is 11.3 Å². The van der Waals surface area contributed by atoms with Crippen LogP contribution in [0.15, 0.2) is 59.5 Å². The molecule has 110 valence electrons. The number of methoxy groups -OCH3 is 1. The molecule has 0 saturated carbocycles. The van der Waals surface area contributed by atoms with Crippen molar-refractivity contribution in [2.75, 3.05) is 12.9 Å². The molecule has 0 atom stereocenters. The van der Waals surface area contributed by atoms with Gasteiger partial charge in [-0.2, -0.15) is 0 Å². The molecule has 0 aliphatic rings. The quantitative estimate of drug-likeness (QED) is 0.770. The Morgan fingerprint density at radius 3 is 2.43 bits per heavy atom. The van der Waals surface area contributed by atoms with Crippen molar-refractivity contribution in [3.63, 3.8) is 0 Å². The van der Waals surface area contributed by atoms with Crippen LogP contribution in [0.3, 0.4) is 0 Å². The lowest BCUT2D eigenvalue weighted by molar-refractivity contribution is 0.0989. The molecule has 0 spiro atoms. The van der Waals surface area contributed by atoms with E-state index >= 15 is 0 Å². The molecule has 0 aliphatic carbocycles. The van der Waals surface area contributed by atoms with Gasteiger partial charge in [-0.25, -0.2) is 8.42 Å². The molecule has 0 N–H and O–H groups in total.